The van der Waals surface area contributed by atoms with E-state index >= 15 is 0 Å². The predicted molar refractivity (Wildman–Crippen MR) is 40.3 cm³/mol. The Labute approximate surface area is 55.0 Å². The van der Waals surface area contributed by atoms with Crippen molar-refractivity contribution >= 4 is 12.6 Å². The van der Waals surface area contributed by atoms with Crippen LogP contribution >= 0.6 is 0 Å². The molecule has 0 heterocycles. The third kappa shape index (κ3) is 7.04. The molecule has 0 aromatic heterocycles. The quantitative estimate of drug-likeness (QED) is 0.415. The smallest absolute Gasteiger partial charge is 0.106 e. The number of nitrogens with zero attached hydrogens (tertiary/aromatic N) is 1. The van der Waals surface area contributed by atoms with Crippen molar-refractivity contribution in [2.24, 2.45) is 4.99 Å². The lowest BCUT2D eigenvalue weighted by Crippen LogP contribution is -2.03. The number of hydrogen-bond donors (Lipinski definition) is 2. The van der Waals surface area contributed by atoms with Gasteiger partial charge < -0.3 is 5.32 Å². The van der Waals surface area contributed by atoms with Crippen molar-refractivity contribution < 1.29 is 0 Å². The number of hydrogen-bond acceptors (Lipinski definition) is 2. The molecule has 0 aromatic carbocycles. The fraction of sp³-hybridized carbons (Fsp3) is 0.333. The van der Waals surface area contributed by atoms with E-state index in [0.717, 1.165) is 12.9 Å². The highest BCUT2D eigenvalue weighted by molar-refractivity contribution is 5.78. The molecule has 0 unspecified atom stereocenters. The van der Waals surface area contributed by atoms with E-state index in [-0.39, 0.29) is 0 Å². The summed E-state index contributed by atoms with van der Waals surface area (Å²) in [5, 5.41) is 9.45. The van der Waals surface area contributed by atoms with Crippen molar-refractivity contribution in [3.63, 3.8) is 0 Å². The molecule has 0 rings (SSSR count). The van der Waals surface area contributed by atoms with Crippen LogP contribution in [-0.2, 0) is 0 Å². The van der Waals surface area contributed by atoms with Crippen LogP contribution in [0.15, 0.2) is 17.1 Å². The van der Waals surface area contributed by atoms with E-state index in [1.54, 1.807) is 12.3 Å². The SMILES string of the molecule is CNC/C=C\C=N/C=N. The minimum absolute atomic E-state index is 0.837. The average molecular weight is 125 g/mol. The van der Waals surface area contributed by atoms with Crippen molar-refractivity contribution in [3.8, 4) is 0 Å². The summed E-state index contributed by atoms with van der Waals surface area (Å²) in [6, 6.07) is 0. The van der Waals surface area contributed by atoms with Gasteiger partial charge in [0.1, 0.15) is 6.34 Å². The van der Waals surface area contributed by atoms with Crippen LogP contribution in [0.5, 0.6) is 0 Å². The first-order valence-electron chi connectivity index (χ1n) is 2.73. The van der Waals surface area contributed by atoms with Gasteiger partial charge >= 0.3 is 0 Å². The monoisotopic (exact) mass is 125 g/mol. The second-order valence-corrected chi connectivity index (χ2v) is 1.41. The van der Waals surface area contributed by atoms with Crippen LogP contribution in [0.4, 0.5) is 0 Å². The van der Waals surface area contributed by atoms with E-state index in [9.17, 15) is 0 Å². The number of allylic oxidation sites excluding steroid dienone is 1. The lowest BCUT2D eigenvalue weighted by Gasteiger charge is -1.82. The zero-order valence-corrected chi connectivity index (χ0v) is 5.46. The average Bonchev–Trinajstić information content (AvgIpc) is 1.89. The second kappa shape index (κ2) is 7.04. The van der Waals surface area contributed by atoms with E-state index in [1.807, 2.05) is 13.1 Å². The van der Waals surface area contributed by atoms with Gasteiger partial charge in [-0.25, -0.2) is 4.99 Å². The topological polar surface area (TPSA) is 48.2 Å². The third-order valence-corrected chi connectivity index (χ3v) is 0.705. The van der Waals surface area contributed by atoms with Crippen molar-refractivity contribution in [1.82, 2.24) is 5.32 Å². The van der Waals surface area contributed by atoms with Gasteiger partial charge in [-0.05, 0) is 13.1 Å². The van der Waals surface area contributed by atoms with Gasteiger partial charge in [0, 0.05) is 12.8 Å². The van der Waals surface area contributed by atoms with Crippen molar-refractivity contribution in [3.05, 3.63) is 12.2 Å². The highest BCUT2D eigenvalue weighted by Gasteiger charge is 1.65. The summed E-state index contributed by atoms with van der Waals surface area (Å²) in [5.41, 5.74) is 0. The second-order valence-electron chi connectivity index (χ2n) is 1.41. The van der Waals surface area contributed by atoms with Gasteiger partial charge in [0.15, 0.2) is 0 Å². The van der Waals surface area contributed by atoms with E-state index in [0.29, 0.717) is 0 Å². The molecule has 50 valence electrons. The van der Waals surface area contributed by atoms with Crippen LogP contribution in [0.2, 0.25) is 0 Å². The molecule has 0 saturated heterocycles. The van der Waals surface area contributed by atoms with Crippen LogP contribution in [0.25, 0.3) is 0 Å². The fourth-order valence-corrected chi connectivity index (χ4v) is 0.339. The van der Waals surface area contributed by atoms with Gasteiger partial charge in [-0.3, -0.25) is 5.41 Å². The fourth-order valence-electron chi connectivity index (χ4n) is 0.339. The maximum atomic E-state index is 6.51. The molecule has 3 nitrogen and oxygen atoms in total. The molecule has 0 saturated carbocycles. The van der Waals surface area contributed by atoms with Gasteiger partial charge in [0.25, 0.3) is 0 Å². The van der Waals surface area contributed by atoms with Crippen molar-refractivity contribution in [2.75, 3.05) is 13.6 Å². The van der Waals surface area contributed by atoms with E-state index in [1.165, 1.54) is 0 Å². The zero-order chi connectivity index (χ0) is 6.95. The van der Waals surface area contributed by atoms with Gasteiger partial charge in [-0.15, -0.1) is 0 Å². The molecular formula is C6H11N3. The maximum absolute atomic E-state index is 6.51. The molecule has 0 aliphatic rings. The minimum Gasteiger partial charge on any atom is -0.316 e. The lowest BCUT2D eigenvalue weighted by molar-refractivity contribution is 0.920. The third-order valence-electron chi connectivity index (χ3n) is 0.705. The Morgan fingerprint density at radius 2 is 2.44 bits per heavy atom. The lowest BCUT2D eigenvalue weighted by atomic mass is 10.5. The zero-order valence-electron chi connectivity index (χ0n) is 5.46. The molecule has 0 amide bonds. The molecular weight excluding hydrogens is 114 g/mol. The predicted octanol–water partition coefficient (Wildman–Crippen LogP) is 0.440. The number of aliphatic imine (C=N–C) groups is 1. The Morgan fingerprint density at radius 1 is 1.67 bits per heavy atom. The summed E-state index contributed by atoms with van der Waals surface area (Å²) < 4.78 is 0. The highest BCUT2D eigenvalue weighted by atomic mass is 14.8. The van der Waals surface area contributed by atoms with Gasteiger partial charge in [0.2, 0.25) is 0 Å². The summed E-state index contributed by atoms with van der Waals surface area (Å²) in [5.74, 6) is 0. The largest absolute Gasteiger partial charge is 0.316 e. The number of rotatable bonds is 4. The first-order chi connectivity index (χ1) is 4.41. The van der Waals surface area contributed by atoms with E-state index in [2.05, 4.69) is 10.3 Å². The first-order valence-corrected chi connectivity index (χ1v) is 2.73. The number of likely N-dealkylation sites (N-methyl/N-ethyl adjacent to an activating group) is 1. The van der Waals surface area contributed by atoms with Gasteiger partial charge in [-0.2, -0.15) is 0 Å². The summed E-state index contributed by atoms with van der Waals surface area (Å²) in [6.45, 7) is 0.837. The highest BCUT2D eigenvalue weighted by Crippen LogP contribution is 1.64. The molecule has 2 N–H and O–H groups in total. The van der Waals surface area contributed by atoms with Gasteiger partial charge in [0.05, 0.1) is 0 Å². The van der Waals surface area contributed by atoms with E-state index in [4.69, 9.17) is 5.41 Å². The van der Waals surface area contributed by atoms with Crippen molar-refractivity contribution in [2.45, 2.75) is 0 Å². The Hall–Kier alpha value is -0.960. The Balaban J connectivity index is 3.23. The molecule has 3 heteroatoms. The molecule has 0 fully saturated rings. The Kier molecular flexibility index (Phi) is 6.29. The number of nitrogens with one attached hydrogen (secondary N) is 2. The molecule has 0 aliphatic heterocycles. The van der Waals surface area contributed by atoms with Crippen LogP contribution in [0, 0.1) is 5.41 Å². The normalized spacial score (nSPS) is 11.2. The standard InChI is InChI=1S/C6H11N3/c1-8-4-2-3-5-9-6-7/h2-3,5-8H,4H2,1H3/b3-2-,7-6?,9-5-. The van der Waals surface area contributed by atoms with Crippen LogP contribution in [0.1, 0.15) is 0 Å². The Morgan fingerprint density at radius 3 is 3.00 bits per heavy atom. The minimum atomic E-state index is 0.837. The molecule has 9 heavy (non-hydrogen) atoms. The first kappa shape index (κ1) is 8.04. The van der Waals surface area contributed by atoms with Crippen LogP contribution < -0.4 is 5.32 Å². The summed E-state index contributed by atoms with van der Waals surface area (Å²) in [6.07, 6.45) is 6.29. The maximum Gasteiger partial charge on any atom is 0.106 e. The van der Waals surface area contributed by atoms with Crippen LogP contribution in [0.3, 0.4) is 0 Å². The molecule has 0 aromatic rings. The van der Waals surface area contributed by atoms with Gasteiger partial charge in [-0.1, -0.05) is 6.08 Å². The van der Waals surface area contributed by atoms with Crippen molar-refractivity contribution in [1.29, 1.82) is 5.41 Å². The summed E-state index contributed by atoms with van der Waals surface area (Å²) in [7, 11) is 1.87. The van der Waals surface area contributed by atoms with Crippen LogP contribution in [-0.4, -0.2) is 26.1 Å². The molecule has 0 spiro atoms. The summed E-state index contributed by atoms with van der Waals surface area (Å²) in [4.78, 5) is 3.55. The molecule has 0 aliphatic carbocycles. The molecule has 0 bridgehead atoms. The molecule has 0 radical (unpaired) electrons. The Bertz CT molecular complexity index is 115. The molecule has 0 atom stereocenters. The van der Waals surface area contributed by atoms with E-state index < -0.39 is 0 Å². The summed E-state index contributed by atoms with van der Waals surface area (Å²) >= 11 is 0.